The number of hydrogen-bond donors (Lipinski definition) is 1. The molecule has 0 aliphatic heterocycles. The second-order valence-corrected chi connectivity index (χ2v) is 3.90. The van der Waals surface area contributed by atoms with Gasteiger partial charge < -0.3 is 24.4 Å². The quantitative estimate of drug-likeness (QED) is 0.658. The lowest BCUT2D eigenvalue weighted by Crippen LogP contribution is -2.00. The van der Waals surface area contributed by atoms with Crippen LogP contribution in [0.4, 0.5) is 5.82 Å². The molecule has 0 atom stereocenters. The smallest absolute Gasteiger partial charge is 0.406 e. The first kappa shape index (κ1) is 13.5. The van der Waals surface area contributed by atoms with E-state index in [9.17, 15) is 14.9 Å². The highest BCUT2D eigenvalue weighted by Crippen LogP contribution is 2.24. The molecule has 2 aromatic heterocycles. The number of furan rings is 1. The van der Waals surface area contributed by atoms with Crippen molar-refractivity contribution in [2.45, 2.75) is 13.5 Å². The summed E-state index contributed by atoms with van der Waals surface area (Å²) in [6.07, 6.45) is 1.28. The fourth-order valence-corrected chi connectivity index (χ4v) is 1.61. The first-order valence-corrected chi connectivity index (χ1v) is 5.54. The number of aryl methyl sites for hydroxylation is 1. The number of rotatable bonds is 5. The van der Waals surface area contributed by atoms with Crippen LogP contribution in [-0.4, -0.2) is 21.0 Å². The van der Waals surface area contributed by atoms with Crippen molar-refractivity contribution in [2.75, 3.05) is 0 Å². The van der Waals surface area contributed by atoms with Gasteiger partial charge in [0.15, 0.2) is 0 Å². The largest absolute Gasteiger partial charge is 0.477 e. The first-order valence-electron chi connectivity index (χ1n) is 5.54. The number of aromatic nitrogens is 1. The molecule has 0 aliphatic rings. The maximum absolute atomic E-state index is 10.8. The standard InChI is InChI=1S/C12H10N2O6/c1-7-5-8(20-10(7)12(15)16)6-19-9-3-2-4-13-11(9)14(17)18/h2-5H,6H2,1H3,(H,15,16). The minimum Gasteiger partial charge on any atom is -0.477 e. The lowest BCUT2D eigenvalue weighted by Gasteiger charge is -2.03. The van der Waals surface area contributed by atoms with Crippen LogP contribution in [0.25, 0.3) is 0 Å². The molecule has 20 heavy (non-hydrogen) atoms. The number of carbonyl (C=O) groups is 1. The Bertz CT molecular complexity index is 664. The van der Waals surface area contributed by atoms with Gasteiger partial charge in [0.25, 0.3) is 0 Å². The molecule has 0 aromatic carbocycles. The molecule has 0 spiro atoms. The van der Waals surface area contributed by atoms with Crippen molar-refractivity contribution < 1.29 is 24.0 Å². The average molecular weight is 278 g/mol. The predicted octanol–water partition coefficient (Wildman–Crippen LogP) is 2.17. The number of nitrogens with zero attached hydrogens (tertiary/aromatic N) is 2. The summed E-state index contributed by atoms with van der Waals surface area (Å²) in [5.41, 5.74) is 0.455. The summed E-state index contributed by atoms with van der Waals surface area (Å²) in [7, 11) is 0. The number of pyridine rings is 1. The fraction of sp³-hybridized carbons (Fsp3) is 0.167. The molecule has 2 aromatic rings. The van der Waals surface area contributed by atoms with Gasteiger partial charge in [-0.25, -0.2) is 4.79 Å². The van der Waals surface area contributed by atoms with E-state index in [1.165, 1.54) is 24.4 Å². The summed E-state index contributed by atoms with van der Waals surface area (Å²) in [5.74, 6) is -1.51. The molecule has 8 heteroatoms. The van der Waals surface area contributed by atoms with Crippen molar-refractivity contribution in [1.29, 1.82) is 0 Å². The van der Waals surface area contributed by atoms with Crippen molar-refractivity contribution in [1.82, 2.24) is 4.98 Å². The molecule has 0 saturated heterocycles. The molecule has 8 nitrogen and oxygen atoms in total. The molecule has 2 heterocycles. The maximum Gasteiger partial charge on any atom is 0.406 e. The topological polar surface area (TPSA) is 116 Å². The molecule has 0 unspecified atom stereocenters. The molecule has 0 aliphatic carbocycles. The third-order valence-corrected chi connectivity index (χ3v) is 2.46. The van der Waals surface area contributed by atoms with Crippen LogP contribution in [0, 0.1) is 17.0 Å². The summed E-state index contributed by atoms with van der Waals surface area (Å²) in [4.78, 5) is 24.5. The molecule has 0 saturated carbocycles. The van der Waals surface area contributed by atoms with E-state index >= 15 is 0 Å². The van der Waals surface area contributed by atoms with Crippen molar-refractivity contribution in [3.8, 4) is 5.75 Å². The Morgan fingerprint density at radius 2 is 2.35 bits per heavy atom. The second-order valence-electron chi connectivity index (χ2n) is 3.90. The van der Waals surface area contributed by atoms with Gasteiger partial charge in [-0.05, 0) is 35.0 Å². The van der Waals surface area contributed by atoms with Gasteiger partial charge in [0.2, 0.25) is 11.5 Å². The van der Waals surface area contributed by atoms with E-state index in [0.29, 0.717) is 5.56 Å². The van der Waals surface area contributed by atoms with Crippen molar-refractivity contribution >= 4 is 11.8 Å². The van der Waals surface area contributed by atoms with Gasteiger partial charge in [-0.1, -0.05) is 0 Å². The van der Waals surface area contributed by atoms with Gasteiger partial charge in [0.05, 0.1) is 0 Å². The molecular weight excluding hydrogens is 268 g/mol. The van der Waals surface area contributed by atoms with Crippen LogP contribution >= 0.6 is 0 Å². The SMILES string of the molecule is Cc1cc(COc2cccnc2[N+](=O)[O-])oc1C(=O)O. The van der Waals surface area contributed by atoms with E-state index in [0.717, 1.165) is 0 Å². The van der Waals surface area contributed by atoms with E-state index < -0.39 is 16.7 Å². The summed E-state index contributed by atoms with van der Waals surface area (Å²) in [6.45, 7) is 1.46. The van der Waals surface area contributed by atoms with Crippen LogP contribution in [0.5, 0.6) is 5.75 Å². The van der Waals surface area contributed by atoms with Crippen molar-refractivity contribution in [3.05, 3.63) is 51.6 Å². The monoisotopic (exact) mass is 278 g/mol. The Morgan fingerprint density at radius 1 is 1.60 bits per heavy atom. The molecule has 0 amide bonds. The number of ether oxygens (including phenoxy) is 1. The van der Waals surface area contributed by atoms with E-state index in [4.69, 9.17) is 14.3 Å². The highest BCUT2D eigenvalue weighted by Gasteiger charge is 2.18. The van der Waals surface area contributed by atoms with Crippen molar-refractivity contribution in [3.63, 3.8) is 0 Å². The first-order chi connectivity index (χ1) is 9.49. The third-order valence-electron chi connectivity index (χ3n) is 2.46. The zero-order valence-corrected chi connectivity index (χ0v) is 10.4. The fourth-order valence-electron chi connectivity index (χ4n) is 1.61. The summed E-state index contributed by atoms with van der Waals surface area (Å²) < 4.78 is 10.3. The lowest BCUT2D eigenvalue weighted by molar-refractivity contribution is -0.390. The summed E-state index contributed by atoms with van der Waals surface area (Å²) in [6, 6.07) is 4.41. The normalized spacial score (nSPS) is 10.2. The van der Waals surface area contributed by atoms with Crippen LogP contribution in [0.3, 0.4) is 0 Å². The Balaban J connectivity index is 2.15. The number of carboxylic acids is 1. The van der Waals surface area contributed by atoms with E-state index in [-0.39, 0.29) is 23.9 Å². The van der Waals surface area contributed by atoms with Crippen molar-refractivity contribution in [2.24, 2.45) is 0 Å². The molecule has 0 bridgehead atoms. The zero-order chi connectivity index (χ0) is 14.7. The van der Waals surface area contributed by atoms with E-state index in [1.807, 2.05) is 0 Å². The highest BCUT2D eigenvalue weighted by atomic mass is 16.6. The maximum atomic E-state index is 10.8. The predicted molar refractivity (Wildman–Crippen MR) is 65.6 cm³/mol. The molecular formula is C12H10N2O6. The number of aromatic carboxylic acids is 1. The minimum absolute atomic E-state index is 0.0107. The lowest BCUT2D eigenvalue weighted by atomic mass is 10.3. The Hall–Kier alpha value is -2.90. The third kappa shape index (κ3) is 2.74. The second kappa shape index (κ2) is 5.39. The van der Waals surface area contributed by atoms with Crippen LogP contribution in [0.15, 0.2) is 28.8 Å². The molecule has 2 rings (SSSR count). The van der Waals surface area contributed by atoms with Gasteiger partial charge >= 0.3 is 11.8 Å². The minimum atomic E-state index is -1.18. The number of nitro groups is 1. The zero-order valence-electron chi connectivity index (χ0n) is 10.4. The van der Waals surface area contributed by atoms with E-state index in [1.54, 1.807) is 6.92 Å². The van der Waals surface area contributed by atoms with Gasteiger partial charge in [-0.15, -0.1) is 0 Å². The van der Waals surface area contributed by atoms with Gasteiger partial charge in [0, 0.05) is 5.56 Å². The molecule has 104 valence electrons. The highest BCUT2D eigenvalue weighted by molar-refractivity contribution is 5.86. The van der Waals surface area contributed by atoms with E-state index in [2.05, 4.69) is 4.98 Å². The van der Waals surface area contributed by atoms with Crippen LogP contribution < -0.4 is 4.74 Å². The number of hydrogen-bond acceptors (Lipinski definition) is 6. The number of carboxylic acid groups (broad SMARTS) is 1. The molecule has 0 fully saturated rings. The van der Waals surface area contributed by atoms with Gasteiger partial charge in [0.1, 0.15) is 18.6 Å². The van der Waals surface area contributed by atoms with Crippen LogP contribution in [-0.2, 0) is 6.61 Å². The summed E-state index contributed by atoms with van der Waals surface area (Å²) in [5, 5.41) is 19.6. The molecule has 0 radical (unpaired) electrons. The van der Waals surface area contributed by atoms with Gasteiger partial charge in [-0.2, -0.15) is 0 Å². The average Bonchev–Trinajstić information content (AvgIpc) is 2.78. The van der Waals surface area contributed by atoms with Crippen LogP contribution in [0.2, 0.25) is 0 Å². The van der Waals surface area contributed by atoms with Gasteiger partial charge in [-0.3, -0.25) is 0 Å². The Morgan fingerprint density at radius 3 is 2.95 bits per heavy atom. The summed E-state index contributed by atoms with van der Waals surface area (Å²) >= 11 is 0. The van der Waals surface area contributed by atoms with Crippen LogP contribution in [0.1, 0.15) is 21.9 Å². The Kier molecular flexibility index (Phi) is 3.65. The molecule has 1 N–H and O–H groups in total. The Labute approximate surface area is 112 Å².